The van der Waals surface area contributed by atoms with Gasteiger partial charge in [0.05, 0.1) is 0 Å². The van der Waals surface area contributed by atoms with Crippen LogP contribution in [0.25, 0.3) is 0 Å². The van der Waals surface area contributed by atoms with E-state index in [-0.39, 0.29) is 54.5 Å². The molecule has 1 aromatic carbocycles. The third-order valence-electron chi connectivity index (χ3n) is 6.17. The van der Waals surface area contributed by atoms with Crippen LogP contribution in [0.5, 0.6) is 0 Å². The molecule has 164 valence electrons. The van der Waals surface area contributed by atoms with Crippen LogP contribution < -0.4 is 11.1 Å². The van der Waals surface area contributed by atoms with Crippen molar-refractivity contribution < 1.29 is 9.59 Å². The van der Waals surface area contributed by atoms with Gasteiger partial charge in [-0.05, 0) is 76.0 Å². The molecule has 3 rings (SSSR count). The number of likely N-dealkylation sites (N-methyl/N-ethyl adjacent to an activating group) is 2. The Bertz CT molecular complexity index is 671. The van der Waals surface area contributed by atoms with Gasteiger partial charge in [0.15, 0.2) is 0 Å². The first-order valence-corrected chi connectivity index (χ1v) is 10.1. The second kappa shape index (κ2) is 11.7. The fourth-order valence-electron chi connectivity index (χ4n) is 4.42. The Morgan fingerprint density at radius 3 is 2.45 bits per heavy atom. The predicted octanol–water partition coefficient (Wildman–Crippen LogP) is 3.01. The maximum atomic E-state index is 12.8. The molecule has 1 aromatic rings. The largest absolute Gasteiger partial charge is 0.337 e. The number of piperidine rings is 1. The fourth-order valence-corrected chi connectivity index (χ4v) is 4.42. The molecule has 0 aromatic heterocycles. The SMILES string of the molecule is CN1CCCC(N(C)C(=O)c2ccc(NC(=O)[C@@H]3CCC[C@@H]3CN)cc2)C1.Cl.Cl. The van der Waals surface area contributed by atoms with Crippen LogP contribution in [0, 0.1) is 11.8 Å². The van der Waals surface area contributed by atoms with Crippen molar-refractivity contribution >= 4 is 42.3 Å². The van der Waals surface area contributed by atoms with Crippen molar-refractivity contribution in [2.45, 2.75) is 38.1 Å². The Morgan fingerprint density at radius 2 is 1.83 bits per heavy atom. The molecule has 2 fully saturated rings. The van der Waals surface area contributed by atoms with Gasteiger partial charge >= 0.3 is 0 Å². The van der Waals surface area contributed by atoms with Crippen LogP contribution in [0.15, 0.2) is 24.3 Å². The number of nitrogens with zero attached hydrogens (tertiary/aromatic N) is 2. The lowest BCUT2D eigenvalue weighted by Gasteiger charge is -2.35. The third kappa shape index (κ3) is 6.32. The first-order chi connectivity index (χ1) is 13.0. The van der Waals surface area contributed by atoms with Crippen molar-refractivity contribution in [1.82, 2.24) is 9.80 Å². The first-order valence-electron chi connectivity index (χ1n) is 10.1. The molecule has 1 heterocycles. The van der Waals surface area contributed by atoms with E-state index in [9.17, 15) is 9.59 Å². The Kier molecular flexibility index (Phi) is 10.4. The number of hydrogen-bond donors (Lipinski definition) is 2. The number of rotatable bonds is 5. The van der Waals surface area contributed by atoms with Crippen LogP contribution in [0.2, 0.25) is 0 Å². The Hall–Kier alpha value is -1.34. The minimum Gasteiger partial charge on any atom is -0.337 e. The number of amides is 2. The molecule has 1 saturated heterocycles. The van der Waals surface area contributed by atoms with Gasteiger partial charge in [-0.1, -0.05) is 6.42 Å². The predicted molar refractivity (Wildman–Crippen MR) is 122 cm³/mol. The number of nitrogens with one attached hydrogen (secondary N) is 1. The zero-order valence-electron chi connectivity index (χ0n) is 17.3. The molecule has 29 heavy (non-hydrogen) atoms. The van der Waals surface area contributed by atoms with E-state index >= 15 is 0 Å². The minimum absolute atomic E-state index is 0. The van der Waals surface area contributed by atoms with Crippen molar-refractivity contribution in [3.8, 4) is 0 Å². The minimum atomic E-state index is 0. The second-order valence-corrected chi connectivity index (χ2v) is 8.07. The summed E-state index contributed by atoms with van der Waals surface area (Å²) in [6.07, 6.45) is 5.17. The summed E-state index contributed by atoms with van der Waals surface area (Å²) in [4.78, 5) is 29.4. The molecule has 0 radical (unpaired) electrons. The molecule has 1 aliphatic heterocycles. The number of hydrogen-bond acceptors (Lipinski definition) is 4. The van der Waals surface area contributed by atoms with Gasteiger partial charge in [-0.3, -0.25) is 9.59 Å². The highest BCUT2D eigenvalue weighted by molar-refractivity contribution is 5.96. The first kappa shape index (κ1) is 25.7. The summed E-state index contributed by atoms with van der Waals surface area (Å²) >= 11 is 0. The molecular weight excluding hydrogens is 411 g/mol. The van der Waals surface area contributed by atoms with E-state index in [4.69, 9.17) is 5.73 Å². The number of halogens is 2. The maximum Gasteiger partial charge on any atom is 0.253 e. The van der Waals surface area contributed by atoms with Gasteiger partial charge < -0.3 is 20.9 Å². The summed E-state index contributed by atoms with van der Waals surface area (Å²) in [6, 6.07) is 7.49. The van der Waals surface area contributed by atoms with E-state index in [0.717, 1.165) is 50.9 Å². The average molecular weight is 445 g/mol. The Labute approximate surface area is 186 Å². The second-order valence-electron chi connectivity index (χ2n) is 8.07. The number of carbonyl (C=O) groups is 2. The lowest BCUT2D eigenvalue weighted by molar-refractivity contribution is -0.120. The Balaban J connectivity index is 0.00000210. The topological polar surface area (TPSA) is 78.7 Å². The maximum absolute atomic E-state index is 12.8. The molecule has 2 amide bonds. The van der Waals surface area contributed by atoms with Crippen molar-refractivity contribution in [2.24, 2.45) is 17.6 Å². The summed E-state index contributed by atoms with van der Waals surface area (Å²) in [5.41, 5.74) is 7.17. The van der Waals surface area contributed by atoms with Gasteiger partial charge in [-0.15, -0.1) is 24.8 Å². The number of nitrogens with two attached hydrogens (primary N) is 1. The molecule has 0 spiro atoms. The molecule has 8 heteroatoms. The van der Waals surface area contributed by atoms with Gasteiger partial charge in [0, 0.05) is 36.8 Å². The molecule has 0 bridgehead atoms. The van der Waals surface area contributed by atoms with Gasteiger partial charge in [0.1, 0.15) is 0 Å². The van der Waals surface area contributed by atoms with Gasteiger partial charge in [0.2, 0.25) is 5.91 Å². The van der Waals surface area contributed by atoms with Crippen LogP contribution in [-0.2, 0) is 4.79 Å². The number of benzene rings is 1. The van der Waals surface area contributed by atoms with E-state index in [1.54, 1.807) is 12.1 Å². The van der Waals surface area contributed by atoms with Crippen molar-refractivity contribution in [3.05, 3.63) is 29.8 Å². The zero-order chi connectivity index (χ0) is 19.4. The van der Waals surface area contributed by atoms with Crippen LogP contribution >= 0.6 is 24.8 Å². The summed E-state index contributed by atoms with van der Waals surface area (Å²) in [5.74, 6) is 0.371. The van der Waals surface area contributed by atoms with E-state index in [1.165, 1.54) is 0 Å². The Morgan fingerprint density at radius 1 is 1.14 bits per heavy atom. The van der Waals surface area contributed by atoms with Crippen LogP contribution in [0.1, 0.15) is 42.5 Å². The van der Waals surface area contributed by atoms with Crippen LogP contribution in [-0.4, -0.2) is 61.4 Å². The summed E-state index contributed by atoms with van der Waals surface area (Å²) in [7, 11) is 3.98. The van der Waals surface area contributed by atoms with E-state index < -0.39 is 0 Å². The lowest BCUT2D eigenvalue weighted by Crippen LogP contribution is -2.47. The molecule has 1 unspecified atom stereocenters. The third-order valence-corrected chi connectivity index (χ3v) is 6.17. The standard InChI is InChI=1S/C21H32N4O2.2ClH/c1-24-12-4-6-18(14-24)25(2)21(27)15-8-10-17(11-9-15)23-20(26)19-7-3-5-16(19)13-22;;/h8-11,16,18-19H,3-7,12-14,22H2,1-2H3,(H,23,26);2*1H/t16-,18?,19-;;/m1../s1. The van der Waals surface area contributed by atoms with E-state index in [2.05, 4.69) is 17.3 Å². The van der Waals surface area contributed by atoms with E-state index in [0.29, 0.717) is 12.1 Å². The molecular formula is C21H34Cl2N4O2. The summed E-state index contributed by atoms with van der Waals surface area (Å²) in [6.45, 7) is 2.58. The van der Waals surface area contributed by atoms with Crippen LogP contribution in [0.3, 0.4) is 0 Å². The van der Waals surface area contributed by atoms with Crippen molar-refractivity contribution in [2.75, 3.05) is 39.0 Å². The molecule has 3 atom stereocenters. The number of likely N-dealkylation sites (tertiary alicyclic amines) is 1. The highest BCUT2D eigenvalue weighted by atomic mass is 35.5. The lowest BCUT2D eigenvalue weighted by atomic mass is 9.95. The normalized spacial score (nSPS) is 24.2. The van der Waals surface area contributed by atoms with Crippen molar-refractivity contribution in [1.29, 1.82) is 0 Å². The quantitative estimate of drug-likeness (QED) is 0.731. The average Bonchev–Trinajstić information content (AvgIpc) is 3.16. The van der Waals surface area contributed by atoms with Crippen LogP contribution in [0.4, 0.5) is 5.69 Å². The molecule has 6 nitrogen and oxygen atoms in total. The fraction of sp³-hybridized carbons (Fsp3) is 0.619. The highest BCUT2D eigenvalue weighted by Crippen LogP contribution is 2.31. The highest BCUT2D eigenvalue weighted by Gasteiger charge is 2.32. The summed E-state index contributed by atoms with van der Waals surface area (Å²) in [5, 5.41) is 2.99. The number of carbonyl (C=O) groups excluding carboxylic acids is 2. The monoisotopic (exact) mass is 444 g/mol. The molecule has 3 N–H and O–H groups in total. The molecule has 1 aliphatic carbocycles. The smallest absolute Gasteiger partial charge is 0.253 e. The molecule has 1 saturated carbocycles. The van der Waals surface area contributed by atoms with Gasteiger partial charge in [-0.25, -0.2) is 0 Å². The van der Waals surface area contributed by atoms with Gasteiger partial charge in [-0.2, -0.15) is 0 Å². The number of anilines is 1. The van der Waals surface area contributed by atoms with Crippen molar-refractivity contribution in [3.63, 3.8) is 0 Å². The summed E-state index contributed by atoms with van der Waals surface area (Å²) < 4.78 is 0. The van der Waals surface area contributed by atoms with E-state index in [1.807, 2.05) is 24.1 Å². The molecule has 2 aliphatic rings. The zero-order valence-corrected chi connectivity index (χ0v) is 18.9. The van der Waals surface area contributed by atoms with Gasteiger partial charge in [0.25, 0.3) is 5.91 Å².